The van der Waals surface area contributed by atoms with Gasteiger partial charge in [0, 0.05) is 40.0 Å². The van der Waals surface area contributed by atoms with Crippen LogP contribution in [0.1, 0.15) is 11.3 Å². The zero-order valence-corrected chi connectivity index (χ0v) is 7.71. The predicted octanol–water partition coefficient (Wildman–Crippen LogP) is 2.13. The van der Waals surface area contributed by atoms with Crippen molar-refractivity contribution >= 4 is 22.6 Å². The Morgan fingerprint density at radius 3 is 2.80 bits per heavy atom. The monoisotopic (exact) mass is 243 g/mol. The second kappa shape index (κ2) is 3.57. The summed E-state index contributed by atoms with van der Waals surface area (Å²) in [6.45, 7) is 1.96. The highest BCUT2D eigenvalue weighted by Gasteiger charge is 1.85. The quantitative estimate of drug-likeness (QED) is 0.502. The van der Waals surface area contributed by atoms with Crippen molar-refractivity contribution in [1.29, 1.82) is 0 Å². The zero-order chi connectivity index (χ0) is 7.40. The van der Waals surface area contributed by atoms with Gasteiger partial charge in [-0.15, -0.1) is 0 Å². The Balaban J connectivity index is 2.97. The Kier molecular flexibility index (Phi) is 2.69. The molecule has 0 unspecified atom stereocenters. The van der Waals surface area contributed by atoms with Gasteiger partial charge in [0.05, 0.1) is 0 Å². The van der Waals surface area contributed by atoms with E-state index < -0.39 is 0 Å². The molecular formula is C8H6IN. The number of aryl methyl sites for hydroxylation is 1. The molecular weight excluding hydrogens is 237 g/mol. The number of pyridine rings is 1. The second-order valence-corrected chi connectivity index (χ2v) is 2.45. The first kappa shape index (κ1) is 7.55. The van der Waals surface area contributed by atoms with E-state index in [9.17, 15) is 0 Å². The summed E-state index contributed by atoms with van der Waals surface area (Å²) in [5.74, 6) is 2.91. The summed E-state index contributed by atoms with van der Waals surface area (Å²) in [7, 11) is 0. The van der Waals surface area contributed by atoms with E-state index >= 15 is 0 Å². The number of nitrogens with zero attached hydrogens (tertiary/aromatic N) is 1. The van der Waals surface area contributed by atoms with Gasteiger partial charge in [-0.25, -0.2) is 0 Å². The average Bonchev–Trinajstić information content (AvgIpc) is 1.95. The Morgan fingerprint density at radius 1 is 1.50 bits per heavy atom. The predicted molar refractivity (Wildman–Crippen MR) is 49.9 cm³/mol. The summed E-state index contributed by atoms with van der Waals surface area (Å²) >= 11 is 2.01. The van der Waals surface area contributed by atoms with Gasteiger partial charge in [0.15, 0.2) is 0 Å². The highest BCUT2D eigenvalue weighted by atomic mass is 127. The maximum absolute atomic E-state index is 4.09. The van der Waals surface area contributed by atoms with E-state index in [4.69, 9.17) is 0 Å². The van der Waals surface area contributed by atoms with Crippen molar-refractivity contribution in [3.63, 3.8) is 0 Å². The molecule has 0 aliphatic rings. The van der Waals surface area contributed by atoms with E-state index in [2.05, 4.69) is 14.8 Å². The molecule has 1 rings (SSSR count). The summed E-state index contributed by atoms with van der Waals surface area (Å²) in [5, 5.41) is 0. The van der Waals surface area contributed by atoms with Crippen molar-refractivity contribution in [3.8, 4) is 9.85 Å². The molecule has 1 aromatic heterocycles. The molecule has 0 atom stereocenters. The molecule has 0 aliphatic heterocycles. The number of hydrogen-bond donors (Lipinski definition) is 0. The van der Waals surface area contributed by atoms with Crippen molar-refractivity contribution in [3.05, 3.63) is 29.6 Å². The van der Waals surface area contributed by atoms with Crippen LogP contribution >= 0.6 is 22.6 Å². The van der Waals surface area contributed by atoms with Gasteiger partial charge in [-0.2, -0.15) is 0 Å². The Bertz CT molecular complexity index is 266. The lowest BCUT2D eigenvalue weighted by atomic mass is 10.3. The van der Waals surface area contributed by atoms with Gasteiger partial charge in [0.1, 0.15) is 0 Å². The number of halogens is 1. The third-order valence-electron chi connectivity index (χ3n) is 1.10. The normalized spacial score (nSPS) is 8.20. The molecule has 1 aromatic rings. The van der Waals surface area contributed by atoms with Gasteiger partial charge < -0.3 is 0 Å². The SMILES string of the molecule is Cc1ccc(C#CI)cn1. The van der Waals surface area contributed by atoms with E-state index in [0.717, 1.165) is 11.3 Å². The van der Waals surface area contributed by atoms with E-state index in [0.29, 0.717) is 0 Å². The minimum Gasteiger partial charge on any atom is -0.260 e. The summed E-state index contributed by atoms with van der Waals surface area (Å²) in [5.41, 5.74) is 2.00. The largest absolute Gasteiger partial charge is 0.260 e. The fourth-order valence-corrected chi connectivity index (χ4v) is 0.908. The highest BCUT2D eigenvalue weighted by molar-refractivity contribution is 14.1. The Labute approximate surface area is 74.0 Å². The lowest BCUT2D eigenvalue weighted by Gasteiger charge is -1.89. The molecule has 0 saturated heterocycles. The third kappa shape index (κ3) is 1.99. The van der Waals surface area contributed by atoms with Crippen molar-refractivity contribution in [2.75, 3.05) is 0 Å². The molecule has 10 heavy (non-hydrogen) atoms. The number of rotatable bonds is 0. The Hall–Kier alpha value is -0.560. The molecule has 1 heterocycles. The lowest BCUT2D eigenvalue weighted by molar-refractivity contribution is 1.19. The van der Waals surface area contributed by atoms with Crippen LogP contribution in [0.15, 0.2) is 18.3 Å². The molecule has 50 valence electrons. The molecule has 0 saturated carbocycles. The second-order valence-electron chi connectivity index (χ2n) is 1.91. The van der Waals surface area contributed by atoms with Crippen molar-refractivity contribution in [2.24, 2.45) is 0 Å². The van der Waals surface area contributed by atoms with Gasteiger partial charge in [-0.05, 0) is 23.0 Å². The van der Waals surface area contributed by atoms with Crippen LogP contribution in [0.5, 0.6) is 0 Å². The first-order chi connectivity index (χ1) is 4.83. The van der Waals surface area contributed by atoms with E-state index in [-0.39, 0.29) is 0 Å². The van der Waals surface area contributed by atoms with Crippen molar-refractivity contribution in [2.45, 2.75) is 6.92 Å². The minimum absolute atomic E-state index is 0.972. The highest BCUT2D eigenvalue weighted by Crippen LogP contribution is 1.96. The maximum Gasteiger partial charge on any atom is 0.0437 e. The van der Waals surface area contributed by atoms with E-state index in [1.165, 1.54) is 0 Å². The molecule has 2 heteroatoms. The number of aromatic nitrogens is 1. The van der Waals surface area contributed by atoms with Crippen molar-refractivity contribution < 1.29 is 0 Å². The first-order valence-corrected chi connectivity index (χ1v) is 3.95. The summed E-state index contributed by atoms with van der Waals surface area (Å²) in [6, 6.07) is 3.92. The van der Waals surface area contributed by atoms with Gasteiger partial charge in [0.25, 0.3) is 0 Å². The molecule has 0 bridgehead atoms. The fourth-order valence-electron chi connectivity index (χ4n) is 0.596. The molecule has 0 spiro atoms. The number of hydrogen-bond acceptors (Lipinski definition) is 1. The first-order valence-electron chi connectivity index (χ1n) is 2.87. The van der Waals surface area contributed by atoms with Crippen molar-refractivity contribution in [1.82, 2.24) is 4.98 Å². The van der Waals surface area contributed by atoms with E-state index in [1.807, 2.05) is 41.6 Å². The Morgan fingerprint density at radius 2 is 2.30 bits per heavy atom. The molecule has 1 nitrogen and oxygen atoms in total. The van der Waals surface area contributed by atoms with Gasteiger partial charge >= 0.3 is 0 Å². The van der Waals surface area contributed by atoms with Crippen LogP contribution in [0, 0.1) is 16.8 Å². The maximum atomic E-state index is 4.09. The van der Waals surface area contributed by atoms with Crippen LogP contribution in [0.25, 0.3) is 0 Å². The van der Waals surface area contributed by atoms with E-state index in [1.54, 1.807) is 6.20 Å². The van der Waals surface area contributed by atoms with Crippen LogP contribution in [0.2, 0.25) is 0 Å². The van der Waals surface area contributed by atoms with Crippen LogP contribution in [-0.4, -0.2) is 4.98 Å². The summed E-state index contributed by atoms with van der Waals surface area (Å²) in [4.78, 5) is 4.09. The molecule has 0 aromatic carbocycles. The third-order valence-corrected chi connectivity index (χ3v) is 1.37. The topological polar surface area (TPSA) is 12.9 Å². The van der Waals surface area contributed by atoms with Crippen LogP contribution in [0.4, 0.5) is 0 Å². The molecule has 0 amide bonds. The van der Waals surface area contributed by atoms with Gasteiger partial charge in [-0.3, -0.25) is 4.98 Å². The average molecular weight is 243 g/mol. The minimum atomic E-state index is 0.972. The smallest absolute Gasteiger partial charge is 0.0437 e. The summed E-state index contributed by atoms with van der Waals surface area (Å²) in [6.07, 6.45) is 1.78. The summed E-state index contributed by atoms with van der Waals surface area (Å²) < 4.78 is 2.78. The van der Waals surface area contributed by atoms with Crippen LogP contribution in [0.3, 0.4) is 0 Å². The molecule has 0 fully saturated rings. The molecule has 0 radical (unpaired) electrons. The lowest BCUT2D eigenvalue weighted by Crippen LogP contribution is -1.80. The van der Waals surface area contributed by atoms with Gasteiger partial charge in [-0.1, -0.05) is 5.92 Å². The van der Waals surface area contributed by atoms with Crippen LogP contribution in [-0.2, 0) is 0 Å². The molecule has 0 N–H and O–H groups in total. The van der Waals surface area contributed by atoms with Gasteiger partial charge in [0.2, 0.25) is 0 Å². The van der Waals surface area contributed by atoms with Crippen LogP contribution < -0.4 is 0 Å². The fraction of sp³-hybridized carbons (Fsp3) is 0.125. The standard InChI is InChI=1S/C8H6IN/c1-7-2-3-8(4-5-9)6-10-7/h2-3,6H,1H3. The zero-order valence-electron chi connectivity index (χ0n) is 5.56. The molecule has 0 aliphatic carbocycles.